The lowest BCUT2D eigenvalue weighted by Crippen LogP contribution is -2.56. The van der Waals surface area contributed by atoms with Crippen molar-refractivity contribution in [1.29, 1.82) is 5.41 Å². The Morgan fingerprint density at radius 2 is 1.63 bits per heavy atom. The van der Waals surface area contributed by atoms with Gasteiger partial charge in [0.25, 0.3) is 0 Å². The highest BCUT2D eigenvalue weighted by Crippen LogP contribution is 2.29. The number of primary amides is 1. The van der Waals surface area contributed by atoms with E-state index in [1.165, 1.54) is 0 Å². The Bertz CT molecular complexity index is 1270. The Labute approximate surface area is 259 Å². The number of carbonyl (C=O) groups excluding carboxylic acids is 3. The number of hydrogen-bond acceptors (Lipinski definition) is 5. The maximum Gasteiger partial charge on any atom is 0.243 e. The Morgan fingerprint density at radius 1 is 0.953 bits per heavy atom. The van der Waals surface area contributed by atoms with Crippen LogP contribution in [-0.4, -0.2) is 48.1 Å². The highest BCUT2D eigenvalue weighted by atomic mass is 35.5. The van der Waals surface area contributed by atoms with E-state index < -0.39 is 29.8 Å². The van der Waals surface area contributed by atoms with E-state index in [9.17, 15) is 14.4 Å². The van der Waals surface area contributed by atoms with Gasteiger partial charge < -0.3 is 33.6 Å². The molecule has 1 unspecified atom stereocenters. The summed E-state index contributed by atoms with van der Waals surface area (Å²) in [7, 11) is 0. The van der Waals surface area contributed by atoms with E-state index in [-0.39, 0.29) is 42.4 Å². The molecule has 1 fully saturated rings. The summed E-state index contributed by atoms with van der Waals surface area (Å²) >= 11 is 0. The lowest BCUT2D eigenvalue weighted by Gasteiger charge is -2.32. The fourth-order valence-electron chi connectivity index (χ4n) is 5.47. The number of nitrogens with two attached hydrogens (primary N) is 4. The Hall–Kier alpha value is -4.12. The third kappa shape index (κ3) is 10.9. The molecule has 12 heteroatoms. The average molecular weight is 613 g/mol. The number of nitrogens with zero attached hydrogens (tertiary/aromatic N) is 1. The summed E-state index contributed by atoms with van der Waals surface area (Å²) < 4.78 is 0. The first-order valence-corrected chi connectivity index (χ1v) is 14.5. The topological polar surface area (TPSA) is 216 Å². The number of amides is 3. The van der Waals surface area contributed by atoms with Crippen LogP contribution in [0.4, 0.5) is 0 Å². The zero-order valence-electron chi connectivity index (χ0n) is 24.7. The van der Waals surface area contributed by atoms with Crippen LogP contribution in [0.2, 0.25) is 0 Å². The molecule has 43 heavy (non-hydrogen) atoms. The smallest absolute Gasteiger partial charge is 0.243 e. The normalized spacial score (nSPS) is 15.2. The molecule has 11 N–H and O–H groups in total. The Kier molecular flexibility index (Phi) is 14.0. The van der Waals surface area contributed by atoms with Crippen LogP contribution in [0, 0.1) is 18.3 Å². The molecule has 1 aliphatic rings. The molecule has 0 heterocycles. The first-order chi connectivity index (χ1) is 20.0. The highest BCUT2D eigenvalue weighted by molar-refractivity contribution is 5.95. The van der Waals surface area contributed by atoms with Crippen molar-refractivity contribution >= 4 is 41.9 Å². The van der Waals surface area contributed by atoms with Gasteiger partial charge in [0.15, 0.2) is 5.96 Å². The largest absolute Gasteiger partial charge is 0.384 e. The molecule has 2 aromatic rings. The van der Waals surface area contributed by atoms with E-state index >= 15 is 0 Å². The quantitative estimate of drug-likeness (QED) is 0.0962. The van der Waals surface area contributed by atoms with Gasteiger partial charge in [0, 0.05) is 12.1 Å². The lowest BCUT2D eigenvalue weighted by molar-refractivity contribution is -0.133. The van der Waals surface area contributed by atoms with Gasteiger partial charge in [-0.05, 0) is 56.1 Å². The molecule has 0 saturated heterocycles. The zero-order chi connectivity index (χ0) is 30.6. The molecule has 3 rings (SSSR count). The van der Waals surface area contributed by atoms with Crippen LogP contribution in [0.15, 0.2) is 53.5 Å². The second kappa shape index (κ2) is 17.1. The number of carbonyl (C=O) groups is 3. The second-order valence-corrected chi connectivity index (χ2v) is 11.1. The van der Waals surface area contributed by atoms with Crippen LogP contribution in [0.25, 0.3) is 0 Å². The third-order valence-electron chi connectivity index (χ3n) is 7.77. The van der Waals surface area contributed by atoms with E-state index in [2.05, 4.69) is 15.6 Å². The molecule has 2 aromatic carbocycles. The van der Waals surface area contributed by atoms with Gasteiger partial charge >= 0.3 is 0 Å². The summed E-state index contributed by atoms with van der Waals surface area (Å²) in [5, 5.41) is 13.5. The minimum absolute atomic E-state index is 0. The fourth-order valence-corrected chi connectivity index (χ4v) is 5.47. The van der Waals surface area contributed by atoms with Gasteiger partial charge in [0.2, 0.25) is 17.7 Å². The van der Waals surface area contributed by atoms with E-state index in [4.69, 9.17) is 28.3 Å². The van der Waals surface area contributed by atoms with Crippen LogP contribution in [0.5, 0.6) is 0 Å². The minimum Gasteiger partial charge on any atom is -0.384 e. The number of hydrogen-bond donors (Lipinski definition) is 7. The first-order valence-electron chi connectivity index (χ1n) is 14.5. The fraction of sp³-hybridized carbons (Fsp3) is 0.452. The van der Waals surface area contributed by atoms with Crippen molar-refractivity contribution in [1.82, 2.24) is 10.6 Å². The SMILES string of the molecule is Cc1cccc(C(Cc2ccc(C(=N)N)cc2)C(=O)N[C@H](C(=O)N[C@@H](CCCN=C(N)N)C(N)=O)C2CCCCC2)c1.Cl. The molecule has 0 spiro atoms. The van der Waals surface area contributed by atoms with Crippen LogP contribution in [0.1, 0.15) is 73.1 Å². The number of aliphatic imine (C=N–C) groups is 1. The van der Waals surface area contributed by atoms with E-state index in [1.807, 2.05) is 43.3 Å². The summed E-state index contributed by atoms with van der Waals surface area (Å²) in [4.78, 5) is 43.8. The molecular weight excluding hydrogens is 568 g/mol. The standard InChI is InChI=1S/C31H44N8O3.ClH/c1-19-7-5-10-23(17-19)24(18-20-12-14-22(15-13-20)27(32)33)29(41)39-26(21-8-3-2-4-9-21)30(42)38-25(28(34)40)11-6-16-37-31(35)36;/h5,7,10,12-15,17,21,24-26H,2-4,6,8-9,11,16,18H2,1H3,(H3,32,33)(H2,34,40)(H,38,42)(H,39,41)(H4,35,36,37);1H/t24?,25-,26-;/m0./s1. The molecule has 1 aliphatic carbocycles. The summed E-state index contributed by atoms with van der Waals surface area (Å²) in [6.45, 7) is 2.27. The van der Waals surface area contributed by atoms with Gasteiger partial charge in [-0.25, -0.2) is 0 Å². The molecule has 0 bridgehead atoms. The van der Waals surface area contributed by atoms with Gasteiger partial charge in [-0.1, -0.05) is 73.4 Å². The zero-order valence-corrected chi connectivity index (χ0v) is 25.5. The molecule has 234 valence electrons. The van der Waals surface area contributed by atoms with Gasteiger partial charge in [0.05, 0.1) is 5.92 Å². The van der Waals surface area contributed by atoms with Crippen molar-refractivity contribution < 1.29 is 14.4 Å². The lowest BCUT2D eigenvalue weighted by atomic mass is 9.82. The van der Waals surface area contributed by atoms with Gasteiger partial charge in [0.1, 0.15) is 17.9 Å². The number of benzene rings is 2. The van der Waals surface area contributed by atoms with Crippen LogP contribution >= 0.6 is 12.4 Å². The summed E-state index contributed by atoms with van der Waals surface area (Å²) in [5.41, 5.74) is 25.3. The molecular formula is C31H45ClN8O3. The second-order valence-electron chi connectivity index (χ2n) is 11.1. The van der Waals surface area contributed by atoms with Crippen molar-refractivity contribution in [3.63, 3.8) is 0 Å². The van der Waals surface area contributed by atoms with E-state index in [0.29, 0.717) is 24.9 Å². The van der Waals surface area contributed by atoms with Crippen molar-refractivity contribution in [2.75, 3.05) is 6.54 Å². The van der Waals surface area contributed by atoms with Gasteiger partial charge in [-0.15, -0.1) is 12.4 Å². The molecule has 3 atom stereocenters. The molecule has 1 saturated carbocycles. The first kappa shape index (κ1) is 35.1. The average Bonchev–Trinajstić information content (AvgIpc) is 2.96. The maximum absolute atomic E-state index is 14.0. The van der Waals surface area contributed by atoms with Crippen molar-refractivity contribution in [2.24, 2.45) is 33.8 Å². The predicted octanol–water partition coefficient (Wildman–Crippen LogP) is 2.12. The molecule has 0 radical (unpaired) electrons. The predicted molar refractivity (Wildman–Crippen MR) is 172 cm³/mol. The summed E-state index contributed by atoms with van der Waals surface area (Å²) in [6, 6.07) is 13.3. The number of guanidine groups is 1. The number of amidine groups is 1. The number of aryl methyl sites for hydroxylation is 1. The summed E-state index contributed by atoms with van der Waals surface area (Å²) in [6.07, 6.45) is 5.71. The molecule has 0 aliphatic heterocycles. The Morgan fingerprint density at radius 3 is 2.21 bits per heavy atom. The van der Waals surface area contributed by atoms with Gasteiger partial charge in [-0.2, -0.15) is 0 Å². The van der Waals surface area contributed by atoms with Crippen molar-refractivity contribution in [3.8, 4) is 0 Å². The van der Waals surface area contributed by atoms with E-state index in [1.54, 1.807) is 12.1 Å². The Balaban J connectivity index is 0.00000645. The van der Waals surface area contributed by atoms with Crippen LogP contribution < -0.4 is 33.6 Å². The molecule has 0 aromatic heterocycles. The highest BCUT2D eigenvalue weighted by Gasteiger charge is 2.35. The van der Waals surface area contributed by atoms with Gasteiger partial charge in [-0.3, -0.25) is 24.8 Å². The maximum atomic E-state index is 14.0. The number of nitrogen functional groups attached to an aromatic ring is 1. The molecule has 3 amide bonds. The summed E-state index contributed by atoms with van der Waals surface area (Å²) in [5.74, 6) is -2.06. The number of halogens is 1. The van der Waals surface area contributed by atoms with Crippen molar-refractivity contribution in [3.05, 3.63) is 70.8 Å². The minimum atomic E-state index is -0.915. The van der Waals surface area contributed by atoms with Crippen LogP contribution in [0.3, 0.4) is 0 Å². The van der Waals surface area contributed by atoms with Crippen LogP contribution in [-0.2, 0) is 20.8 Å². The number of rotatable bonds is 14. The van der Waals surface area contributed by atoms with Crippen molar-refractivity contribution in [2.45, 2.75) is 76.3 Å². The van der Waals surface area contributed by atoms with E-state index in [0.717, 1.165) is 48.8 Å². The monoisotopic (exact) mass is 612 g/mol. The third-order valence-corrected chi connectivity index (χ3v) is 7.77. The number of nitrogens with one attached hydrogen (secondary N) is 3. The molecule has 11 nitrogen and oxygen atoms in total.